The van der Waals surface area contributed by atoms with E-state index in [2.05, 4.69) is 33.5 Å². The summed E-state index contributed by atoms with van der Waals surface area (Å²) in [5.41, 5.74) is 0. The Hall–Kier alpha value is -0.420. The second-order valence-corrected chi connectivity index (χ2v) is 3.34. The van der Waals surface area contributed by atoms with Crippen LogP contribution < -0.4 is 9.47 Å². The van der Waals surface area contributed by atoms with Crippen LogP contribution >= 0.6 is 28.6 Å². The van der Waals surface area contributed by atoms with Gasteiger partial charge in [0, 0.05) is 0 Å². The lowest BCUT2D eigenvalue weighted by Crippen LogP contribution is -1.94. The Morgan fingerprint density at radius 1 is 1.33 bits per heavy atom. The number of thiol groups is 1. The molecule has 0 bridgehead atoms. The van der Waals surface area contributed by atoms with Crippen molar-refractivity contribution in [3.63, 3.8) is 0 Å². The van der Waals surface area contributed by atoms with Gasteiger partial charge in [-0.25, -0.2) is 0 Å². The van der Waals surface area contributed by atoms with Gasteiger partial charge >= 0.3 is 0 Å². The summed E-state index contributed by atoms with van der Waals surface area (Å²) in [6.07, 6.45) is 0. The Morgan fingerprint density at radius 3 is 2.42 bits per heavy atom. The molecule has 0 amide bonds. The van der Waals surface area contributed by atoms with Crippen LogP contribution in [0.25, 0.3) is 0 Å². The van der Waals surface area contributed by atoms with Crippen LogP contribution in [0.5, 0.6) is 11.8 Å². The van der Waals surface area contributed by atoms with E-state index < -0.39 is 0 Å². The van der Waals surface area contributed by atoms with Gasteiger partial charge in [0.15, 0.2) is 0 Å². The maximum atomic E-state index is 4.97. The van der Waals surface area contributed by atoms with Crippen LogP contribution in [0.15, 0.2) is 15.4 Å². The maximum absolute atomic E-state index is 4.97. The molecule has 1 aromatic rings. The SMILES string of the molecule is COc1nc(OC)c(Br)cc1S. The van der Waals surface area contributed by atoms with Crippen molar-refractivity contribution < 1.29 is 9.47 Å². The van der Waals surface area contributed by atoms with E-state index in [1.807, 2.05) is 0 Å². The molecular weight excluding hydrogens is 242 g/mol. The predicted octanol–water partition coefficient (Wildman–Crippen LogP) is 2.15. The fourth-order valence-corrected chi connectivity index (χ4v) is 1.67. The molecule has 0 aliphatic rings. The van der Waals surface area contributed by atoms with E-state index in [0.29, 0.717) is 16.7 Å². The number of rotatable bonds is 2. The van der Waals surface area contributed by atoms with Gasteiger partial charge in [0.25, 0.3) is 0 Å². The minimum Gasteiger partial charge on any atom is -0.480 e. The van der Waals surface area contributed by atoms with Crippen LogP contribution in [0.4, 0.5) is 0 Å². The summed E-state index contributed by atoms with van der Waals surface area (Å²) >= 11 is 7.44. The minimum absolute atomic E-state index is 0.457. The van der Waals surface area contributed by atoms with Gasteiger partial charge in [-0.05, 0) is 22.0 Å². The van der Waals surface area contributed by atoms with E-state index in [9.17, 15) is 0 Å². The lowest BCUT2D eigenvalue weighted by Gasteiger charge is -2.06. The Kier molecular flexibility index (Phi) is 3.22. The number of hydrogen-bond acceptors (Lipinski definition) is 4. The molecule has 1 aromatic heterocycles. The molecule has 66 valence electrons. The molecule has 1 rings (SSSR count). The molecule has 0 aliphatic heterocycles. The van der Waals surface area contributed by atoms with Crippen LogP contribution in [0.3, 0.4) is 0 Å². The van der Waals surface area contributed by atoms with Crippen molar-refractivity contribution in [1.29, 1.82) is 0 Å². The highest BCUT2D eigenvalue weighted by molar-refractivity contribution is 9.10. The molecular formula is C7H8BrNO2S. The van der Waals surface area contributed by atoms with Gasteiger partial charge in [-0.15, -0.1) is 12.6 Å². The topological polar surface area (TPSA) is 31.4 Å². The second-order valence-electron chi connectivity index (χ2n) is 2.01. The molecule has 0 N–H and O–H groups in total. The maximum Gasteiger partial charge on any atom is 0.231 e. The van der Waals surface area contributed by atoms with Crippen LogP contribution in [-0.2, 0) is 0 Å². The highest BCUT2D eigenvalue weighted by Gasteiger charge is 2.07. The van der Waals surface area contributed by atoms with Gasteiger partial charge in [0.05, 0.1) is 23.6 Å². The van der Waals surface area contributed by atoms with Gasteiger partial charge in [0.2, 0.25) is 11.8 Å². The van der Waals surface area contributed by atoms with E-state index in [0.717, 1.165) is 4.47 Å². The number of hydrogen-bond donors (Lipinski definition) is 1. The van der Waals surface area contributed by atoms with E-state index in [4.69, 9.17) is 9.47 Å². The van der Waals surface area contributed by atoms with Crippen molar-refractivity contribution in [1.82, 2.24) is 4.98 Å². The molecule has 5 heteroatoms. The molecule has 1 heterocycles. The first kappa shape index (κ1) is 9.67. The number of nitrogens with zero attached hydrogens (tertiary/aromatic N) is 1. The van der Waals surface area contributed by atoms with Gasteiger partial charge < -0.3 is 9.47 Å². The summed E-state index contributed by atoms with van der Waals surface area (Å²) in [4.78, 5) is 4.71. The van der Waals surface area contributed by atoms with Gasteiger partial charge in [0.1, 0.15) is 0 Å². The van der Waals surface area contributed by atoms with Crippen molar-refractivity contribution >= 4 is 28.6 Å². The third-order valence-corrected chi connectivity index (χ3v) is 2.17. The zero-order valence-electron chi connectivity index (χ0n) is 6.67. The van der Waals surface area contributed by atoms with Gasteiger partial charge in [-0.2, -0.15) is 4.98 Å². The Morgan fingerprint density at radius 2 is 1.92 bits per heavy atom. The molecule has 0 aromatic carbocycles. The summed E-state index contributed by atoms with van der Waals surface area (Å²) in [5.74, 6) is 0.947. The molecule has 0 aliphatic carbocycles. The molecule has 0 unspecified atom stereocenters. The van der Waals surface area contributed by atoms with Crippen LogP contribution in [0, 0.1) is 0 Å². The molecule has 0 saturated carbocycles. The number of pyridine rings is 1. The quantitative estimate of drug-likeness (QED) is 0.816. The average Bonchev–Trinajstić information content (AvgIpc) is 2.05. The normalized spacial score (nSPS) is 9.67. The molecule has 12 heavy (non-hydrogen) atoms. The Balaban J connectivity index is 3.18. The number of halogens is 1. The molecule has 0 saturated heterocycles. The largest absolute Gasteiger partial charge is 0.480 e. The molecule has 0 atom stereocenters. The monoisotopic (exact) mass is 249 g/mol. The van der Waals surface area contributed by atoms with Crippen LogP contribution in [-0.4, -0.2) is 19.2 Å². The van der Waals surface area contributed by atoms with E-state index in [-0.39, 0.29) is 0 Å². The highest BCUT2D eigenvalue weighted by Crippen LogP contribution is 2.30. The fourth-order valence-electron chi connectivity index (χ4n) is 0.740. The Bertz CT molecular complexity index is 268. The summed E-state index contributed by atoms with van der Waals surface area (Å²) < 4.78 is 10.7. The smallest absolute Gasteiger partial charge is 0.231 e. The van der Waals surface area contributed by atoms with Gasteiger partial charge in [-0.1, -0.05) is 0 Å². The van der Waals surface area contributed by atoms with E-state index >= 15 is 0 Å². The predicted molar refractivity (Wildman–Crippen MR) is 52.3 cm³/mol. The minimum atomic E-state index is 0.457. The molecule has 0 radical (unpaired) electrons. The summed E-state index contributed by atoms with van der Waals surface area (Å²) in [7, 11) is 3.08. The molecule has 0 spiro atoms. The summed E-state index contributed by atoms with van der Waals surface area (Å²) in [6, 6.07) is 1.77. The lowest BCUT2D eigenvalue weighted by molar-refractivity contribution is 0.355. The summed E-state index contributed by atoms with van der Waals surface area (Å²) in [5, 5.41) is 0. The van der Waals surface area contributed by atoms with E-state index in [1.165, 1.54) is 7.11 Å². The first-order chi connectivity index (χ1) is 5.69. The van der Waals surface area contributed by atoms with Crippen LogP contribution in [0.2, 0.25) is 0 Å². The van der Waals surface area contributed by atoms with Crippen molar-refractivity contribution in [3.05, 3.63) is 10.5 Å². The first-order valence-corrected chi connectivity index (χ1v) is 4.40. The second kappa shape index (κ2) is 4.00. The lowest BCUT2D eigenvalue weighted by atomic mass is 10.5. The van der Waals surface area contributed by atoms with Crippen molar-refractivity contribution in [2.75, 3.05) is 14.2 Å². The number of aromatic nitrogens is 1. The third kappa shape index (κ3) is 1.84. The molecule has 0 fully saturated rings. The van der Waals surface area contributed by atoms with Crippen molar-refractivity contribution in [3.8, 4) is 11.8 Å². The van der Waals surface area contributed by atoms with Crippen molar-refractivity contribution in [2.24, 2.45) is 0 Å². The summed E-state index contributed by atoms with van der Waals surface area (Å²) in [6.45, 7) is 0. The Labute approximate surface area is 84.6 Å². The van der Waals surface area contributed by atoms with Crippen LogP contribution in [0.1, 0.15) is 0 Å². The molecule has 3 nitrogen and oxygen atoms in total. The first-order valence-electron chi connectivity index (χ1n) is 3.16. The number of methoxy groups -OCH3 is 2. The zero-order chi connectivity index (χ0) is 9.14. The third-order valence-electron chi connectivity index (χ3n) is 1.28. The highest BCUT2D eigenvalue weighted by atomic mass is 79.9. The standard InChI is InChI=1S/C7H8BrNO2S/c1-10-6-4(8)3-5(12)7(9-6)11-2/h3,12H,1-2H3. The van der Waals surface area contributed by atoms with Crippen molar-refractivity contribution in [2.45, 2.75) is 4.90 Å². The average molecular weight is 250 g/mol. The number of ether oxygens (including phenoxy) is 2. The fraction of sp³-hybridized carbons (Fsp3) is 0.286. The van der Waals surface area contributed by atoms with Gasteiger partial charge in [-0.3, -0.25) is 0 Å². The van der Waals surface area contributed by atoms with E-state index in [1.54, 1.807) is 13.2 Å². The zero-order valence-corrected chi connectivity index (χ0v) is 9.15.